The summed E-state index contributed by atoms with van der Waals surface area (Å²) in [6, 6.07) is 10.2. The lowest BCUT2D eigenvalue weighted by molar-refractivity contribution is 0.287. The molecule has 1 heterocycles. The molecule has 0 saturated heterocycles. The average Bonchev–Trinajstić information content (AvgIpc) is 2.89. The molecule has 1 aromatic heterocycles. The zero-order chi connectivity index (χ0) is 13.7. The number of methoxy groups -OCH3 is 1. The number of ether oxygens (including phenoxy) is 2. The van der Waals surface area contributed by atoms with Gasteiger partial charge in [-0.2, -0.15) is 0 Å². The minimum Gasteiger partial charge on any atom is -0.493 e. The fraction of sp³-hybridized carbons (Fsp3) is 0.333. The molecule has 0 saturated carbocycles. The predicted molar refractivity (Wildman–Crippen MR) is 79.0 cm³/mol. The third kappa shape index (κ3) is 3.98. The maximum atomic E-state index is 5.84. The van der Waals surface area contributed by atoms with Crippen LogP contribution in [0.3, 0.4) is 0 Å². The van der Waals surface area contributed by atoms with Crippen LogP contribution in [0.1, 0.15) is 17.4 Å². The summed E-state index contributed by atoms with van der Waals surface area (Å²) in [7, 11) is 1.65. The van der Waals surface area contributed by atoms with Crippen molar-refractivity contribution in [2.24, 2.45) is 5.73 Å². The highest BCUT2D eigenvalue weighted by molar-refractivity contribution is 7.09. The van der Waals surface area contributed by atoms with E-state index in [1.807, 2.05) is 36.6 Å². The van der Waals surface area contributed by atoms with E-state index < -0.39 is 0 Å². The Bertz CT molecular complexity index is 509. The topological polar surface area (TPSA) is 44.5 Å². The second-order valence-electron chi connectivity index (χ2n) is 4.53. The van der Waals surface area contributed by atoms with Gasteiger partial charge in [0.15, 0.2) is 11.5 Å². The van der Waals surface area contributed by atoms with E-state index in [1.165, 1.54) is 4.88 Å². The van der Waals surface area contributed by atoms with E-state index >= 15 is 0 Å². The molecule has 0 aliphatic carbocycles. The molecular formula is C15H19NO2S. The van der Waals surface area contributed by atoms with E-state index in [-0.39, 0.29) is 6.04 Å². The van der Waals surface area contributed by atoms with Crippen LogP contribution >= 0.6 is 11.3 Å². The molecule has 1 aromatic carbocycles. The summed E-state index contributed by atoms with van der Waals surface area (Å²) < 4.78 is 11.2. The molecule has 0 spiro atoms. The zero-order valence-corrected chi connectivity index (χ0v) is 12.1. The SMILES string of the molecule is COc1ccc(CC(C)N)cc1OCc1cccs1. The monoisotopic (exact) mass is 277 g/mol. The molecule has 0 fully saturated rings. The van der Waals surface area contributed by atoms with Crippen LogP contribution in [0.5, 0.6) is 11.5 Å². The van der Waals surface area contributed by atoms with Crippen molar-refractivity contribution in [3.63, 3.8) is 0 Å². The summed E-state index contributed by atoms with van der Waals surface area (Å²) in [6.07, 6.45) is 0.833. The molecule has 0 aliphatic heterocycles. The van der Waals surface area contributed by atoms with Crippen LogP contribution in [-0.4, -0.2) is 13.2 Å². The van der Waals surface area contributed by atoms with Crippen LogP contribution in [0.4, 0.5) is 0 Å². The van der Waals surface area contributed by atoms with Gasteiger partial charge in [-0.25, -0.2) is 0 Å². The molecule has 2 rings (SSSR count). The summed E-state index contributed by atoms with van der Waals surface area (Å²) >= 11 is 1.68. The van der Waals surface area contributed by atoms with Gasteiger partial charge in [0.25, 0.3) is 0 Å². The van der Waals surface area contributed by atoms with Gasteiger partial charge in [-0.15, -0.1) is 11.3 Å². The first-order chi connectivity index (χ1) is 9.19. The van der Waals surface area contributed by atoms with Gasteiger partial charge in [0.05, 0.1) is 7.11 Å². The van der Waals surface area contributed by atoms with Gasteiger partial charge >= 0.3 is 0 Å². The van der Waals surface area contributed by atoms with E-state index in [4.69, 9.17) is 15.2 Å². The van der Waals surface area contributed by atoms with Crippen molar-refractivity contribution in [3.05, 3.63) is 46.2 Å². The number of thiophene rings is 1. The first-order valence-corrected chi connectivity index (χ1v) is 7.14. The van der Waals surface area contributed by atoms with Gasteiger partial charge in [0.2, 0.25) is 0 Å². The third-order valence-corrected chi connectivity index (χ3v) is 3.59. The molecule has 2 N–H and O–H groups in total. The maximum absolute atomic E-state index is 5.84. The predicted octanol–water partition coefficient (Wildman–Crippen LogP) is 3.23. The smallest absolute Gasteiger partial charge is 0.161 e. The van der Waals surface area contributed by atoms with Gasteiger partial charge in [-0.3, -0.25) is 0 Å². The van der Waals surface area contributed by atoms with E-state index in [9.17, 15) is 0 Å². The van der Waals surface area contributed by atoms with Crippen LogP contribution in [0.15, 0.2) is 35.7 Å². The molecule has 0 amide bonds. The van der Waals surface area contributed by atoms with Crippen LogP contribution in [-0.2, 0) is 13.0 Å². The van der Waals surface area contributed by atoms with E-state index in [0.717, 1.165) is 23.5 Å². The molecule has 1 atom stereocenters. The minimum absolute atomic E-state index is 0.138. The fourth-order valence-corrected chi connectivity index (χ4v) is 2.49. The lowest BCUT2D eigenvalue weighted by Crippen LogP contribution is -2.17. The molecule has 0 aliphatic rings. The summed E-state index contributed by atoms with van der Waals surface area (Å²) in [5.74, 6) is 1.53. The number of hydrogen-bond acceptors (Lipinski definition) is 4. The van der Waals surface area contributed by atoms with Crippen molar-refractivity contribution in [3.8, 4) is 11.5 Å². The number of rotatable bonds is 6. The summed E-state index contributed by atoms with van der Waals surface area (Å²) in [4.78, 5) is 1.19. The Labute approximate surface area is 118 Å². The molecular weight excluding hydrogens is 258 g/mol. The second kappa shape index (κ2) is 6.59. The first kappa shape index (κ1) is 13.9. The normalized spacial score (nSPS) is 12.2. The molecule has 1 unspecified atom stereocenters. The molecule has 0 bridgehead atoms. The lowest BCUT2D eigenvalue weighted by Gasteiger charge is -2.12. The van der Waals surface area contributed by atoms with Crippen LogP contribution in [0.2, 0.25) is 0 Å². The van der Waals surface area contributed by atoms with Crippen molar-refractivity contribution in [1.29, 1.82) is 0 Å². The van der Waals surface area contributed by atoms with Crippen molar-refractivity contribution < 1.29 is 9.47 Å². The lowest BCUT2D eigenvalue weighted by atomic mass is 10.1. The largest absolute Gasteiger partial charge is 0.493 e. The molecule has 19 heavy (non-hydrogen) atoms. The highest BCUT2D eigenvalue weighted by atomic mass is 32.1. The Balaban J connectivity index is 2.11. The molecule has 0 radical (unpaired) electrons. The highest BCUT2D eigenvalue weighted by Gasteiger charge is 2.08. The van der Waals surface area contributed by atoms with Crippen molar-refractivity contribution >= 4 is 11.3 Å². The number of nitrogens with two attached hydrogens (primary N) is 1. The summed E-state index contributed by atoms with van der Waals surface area (Å²) in [5.41, 5.74) is 6.99. The summed E-state index contributed by atoms with van der Waals surface area (Å²) in [5, 5.41) is 2.04. The molecule has 2 aromatic rings. The maximum Gasteiger partial charge on any atom is 0.161 e. The Hall–Kier alpha value is -1.52. The van der Waals surface area contributed by atoms with Crippen LogP contribution < -0.4 is 15.2 Å². The standard InChI is InChI=1S/C15H19NO2S/c1-11(16)8-12-5-6-14(17-2)15(9-12)18-10-13-4-3-7-19-13/h3-7,9,11H,8,10,16H2,1-2H3. The van der Waals surface area contributed by atoms with Crippen molar-refractivity contribution in [2.45, 2.75) is 26.0 Å². The fourth-order valence-electron chi connectivity index (χ4n) is 1.88. The number of hydrogen-bond donors (Lipinski definition) is 1. The molecule has 4 heteroatoms. The Morgan fingerprint density at radius 2 is 2.11 bits per heavy atom. The van der Waals surface area contributed by atoms with Gasteiger partial charge < -0.3 is 15.2 Å². The first-order valence-electron chi connectivity index (χ1n) is 6.26. The average molecular weight is 277 g/mol. The Kier molecular flexibility index (Phi) is 4.82. The zero-order valence-electron chi connectivity index (χ0n) is 11.3. The van der Waals surface area contributed by atoms with Crippen molar-refractivity contribution in [2.75, 3.05) is 7.11 Å². The van der Waals surface area contributed by atoms with Gasteiger partial charge in [0, 0.05) is 10.9 Å². The van der Waals surface area contributed by atoms with E-state index in [1.54, 1.807) is 18.4 Å². The van der Waals surface area contributed by atoms with Crippen LogP contribution in [0, 0.1) is 0 Å². The van der Waals surface area contributed by atoms with E-state index in [0.29, 0.717) is 6.61 Å². The highest BCUT2D eigenvalue weighted by Crippen LogP contribution is 2.29. The Morgan fingerprint density at radius 3 is 2.74 bits per heavy atom. The van der Waals surface area contributed by atoms with Gasteiger partial charge in [-0.05, 0) is 42.5 Å². The molecule has 102 valence electrons. The van der Waals surface area contributed by atoms with Crippen molar-refractivity contribution in [1.82, 2.24) is 0 Å². The molecule has 3 nitrogen and oxygen atoms in total. The minimum atomic E-state index is 0.138. The van der Waals surface area contributed by atoms with Crippen LogP contribution in [0.25, 0.3) is 0 Å². The van der Waals surface area contributed by atoms with Gasteiger partial charge in [0.1, 0.15) is 6.61 Å². The second-order valence-corrected chi connectivity index (χ2v) is 5.57. The number of benzene rings is 1. The summed E-state index contributed by atoms with van der Waals surface area (Å²) in [6.45, 7) is 2.56. The van der Waals surface area contributed by atoms with E-state index in [2.05, 4.69) is 6.07 Å². The van der Waals surface area contributed by atoms with Gasteiger partial charge in [-0.1, -0.05) is 12.1 Å². The third-order valence-electron chi connectivity index (χ3n) is 2.74. The quantitative estimate of drug-likeness (QED) is 0.881. The Morgan fingerprint density at radius 1 is 1.26 bits per heavy atom.